The van der Waals surface area contributed by atoms with E-state index in [0.29, 0.717) is 11.4 Å². The summed E-state index contributed by atoms with van der Waals surface area (Å²) < 4.78 is 0. The van der Waals surface area contributed by atoms with Gasteiger partial charge in [-0.1, -0.05) is 6.07 Å². The van der Waals surface area contributed by atoms with Gasteiger partial charge in [-0.2, -0.15) is 0 Å². The molecule has 0 bridgehead atoms. The smallest absolute Gasteiger partial charge is 0.261 e. The van der Waals surface area contributed by atoms with Gasteiger partial charge in [-0.15, -0.1) is 0 Å². The van der Waals surface area contributed by atoms with E-state index in [1.807, 2.05) is 0 Å². The van der Waals surface area contributed by atoms with Gasteiger partial charge in [-0.3, -0.25) is 9.78 Å². The van der Waals surface area contributed by atoms with E-state index >= 15 is 0 Å². The highest BCUT2D eigenvalue weighted by Gasteiger charge is 2.20. The van der Waals surface area contributed by atoms with Gasteiger partial charge < -0.3 is 20.8 Å². The van der Waals surface area contributed by atoms with Crippen molar-refractivity contribution < 1.29 is 15.0 Å². The van der Waals surface area contributed by atoms with E-state index in [0.717, 1.165) is 0 Å². The highest BCUT2D eigenvalue weighted by molar-refractivity contribution is 6.09. The second-order valence-corrected chi connectivity index (χ2v) is 3.97. The Morgan fingerprint density at radius 3 is 2.74 bits per heavy atom. The summed E-state index contributed by atoms with van der Waals surface area (Å²) in [5.74, 6) is -1.28. The van der Waals surface area contributed by atoms with Crippen molar-refractivity contribution in [3.05, 3.63) is 42.2 Å². The molecular weight excluding hydrogens is 246 g/mol. The summed E-state index contributed by atoms with van der Waals surface area (Å²) >= 11 is 0. The monoisotopic (exact) mass is 259 g/mol. The van der Waals surface area contributed by atoms with Gasteiger partial charge >= 0.3 is 0 Å². The number of pyridine rings is 1. The van der Waals surface area contributed by atoms with Crippen LogP contribution in [0.4, 0.5) is 11.4 Å². The second-order valence-electron chi connectivity index (χ2n) is 3.97. The number of amides is 1. The second kappa shape index (κ2) is 4.85. The Balaban J connectivity index is 2.40. The molecule has 1 aromatic heterocycles. The molecule has 6 nitrogen and oxygen atoms in total. The van der Waals surface area contributed by atoms with Crippen LogP contribution in [0.15, 0.2) is 36.7 Å². The molecule has 1 heterocycles. The van der Waals surface area contributed by atoms with Crippen LogP contribution < -0.4 is 10.6 Å². The minimum absolute atomic E-state index is 0.00119. The number of hydrogen-bond donors (Lipinski definition) is 3. The molecule has 19 heavy (non-hydrogen) atoms. The lowest BCUT2D eigenvalue weighted by Gasteiger charge is -2.19. The van der Waals surface area contributed by atoms with Crippen molar-refractivity contribution >= 4 is 17.3 Å². The molecule has 0 saturated heterocycles. The maximum absolute atomic E-state index is 12.2. The average Bonchev–Trinajstić information content (AvgIpc) is 2.41. The summed E-state index contributed by atoms with van der Waals surface area (Å²) in [5.41, 5.74) is 6.56. The van der Waals surface area contributed by atoms with Gasteiger partial charge in [0.15, 0.2) is 11.5 Å². The molecule has 0 spiro atoms. The van der Waals surface area contributed by atoms with E-state index < -0.39 is 11.7 Å². The maximum atomic E-state index is 12.2. The largest absolute Gasteiger partial charge is 0.504 e. The van der Waals surface area contributed by atoms with Gasteiger partial charge in [0.1, 0.15) is 0 Å². The molecule has 6 heteroatoms. The Morgan fingerprint density at radius 2 is 2.05 bits per heavy atom. The van der Waals surface area contributed by atoms with Crippen LogP contribution in [0, 0.1) is 0 Å². The fourth-order valence-electron chi connectivity index (χ4n) is 1.70. The molecule has 98 valence electrons. The number of nitrogens with two attached hydrogens (primary N) is 1. The summed E-state index contributed by atoms with van der Waals surface area (Å²) in [5, 5.41) is 19.1. The fourth-order valence-corrected chi connectivity index (χ4v) is 1.70. The molecule has 0 atom stereocenters. The van der Waals surface area contributed by atoms with E-state index in [2.05, 4.69) is 4.98 Å². The lowest BCUT2D eigenvalue weighted by atomic mass is 10.1. The molecule has 1 aromatic carbocycles. The summed E-state index contributed by atoms with van der Waals surface area (Å²) in [6.45, 7) is 0. The number of phenolic OH excluding ortho intramolecular Hbond substituents is 2. The Morgan fingerprint density at radius 1 is 1.32 bits per heavy atom. The zero-order valence-corrected chi connectivity index (χ0v) is 10.2. The zero-order valence-electron chi connectivity index (χ0n) is 10.2. The van der Waals surface area contributed by atoms with E-state index in [-0.39, 0.29) is 11.3 Å². The van der Waals surface area contributed by atoms with Crippen molar-refractivity contribution in [2.45, 2.75) is 0 Å². The third kappa shape index (κ3) is 2.28. The van der Waals surface area contributed by atoms with Crippen molar-refractivity contribution in [3.8, 4) is 11.5 Å². The SMILES string of the molecule is CN(C(=O)c1cccc(O)c1O)c1ccncc1N. The van der Waals surface area contributed by atoms with Crippen LogP contribution in [0.5, 0.6) is 11.5 Å². The van der Waals surface area contributed by atoms with Gasteiger partial charge in [0.25, 0.3) is 5.91 Å². The van der Waals surface area contributed by atoms with Gasteiger partial charge in [-0.25, -0.2) is 0 Å². The van der Waals surface area contributed by atoms with Gasteiger partial charge in [-0.05, 0) is 18.2 Å². The van der Waals surface area contributed by atoms with Crippen molar-refractivity contribution in [2.75, 3.05) is 17.7 Å². The maximum Gasteiger partial charge on any atom is 0.261 e. The molecule has 0 aliphatic carbocycles. The van der Waals surface area contributed by atoms with Crippen LogP contribution in [-0.2, 0) is 0 Å². The van der Waals surface area contributed by atoms with Gasteiger partial charge in [0, 0.05) is 13.2 Å². The Labute approximate surface area is 109 Å². The van der Waals surface area contributed by atoms with Crippen molar-refractivity contribution in [2.24, 2.45) is 0 Å². The molecule has 2 aromatic rings. The molecule has 2 rings (SSSR count). The zero-order chi connectivity index (χ0) is 14.0. The number of nitrogens with zero attached hydrogens (tertiary/aromatic N) is 2. The molecule has 0 aliphatic rings. The summed E-state index contributed by atoms with van der Waals surface area (Å²) in [4.78, 5) is 17.4. The highest BCUT2D eigenvalue weighted by Crippen LogP contribution is 2.30. The summed E-state index contributed by atoms with van der Waals surface area (Å²) in [7, 11) is 1.53. The van der Waals surface area contributed by atoms with Crippen LogP contribution in [0.25, 0.3) is 0 Å². The van der Waals surface area contributed by atoms with Crippen LogP contribution >= 0.6 is 0 Å². The number of anilines is 2. The van der Waals surface area contributed by atoms with Crippen molar-refractivity contribution in [1.29, 1.82) is 0 Å². The normalized spacial score (nSPS) is 10.2. The van der Waals surface area contributed by atoms with E-state index in [1.54, 1.807) is 6.07 Å². The number of para-hydroxylation sites is 1. The Kier molecular flexibility index (Phi) is 3.24. The van der Waals surface area contributed by atoms with Crippen LogP contribution in [0.3, 0.4) is 0 Å². The number of carbonyl (C=O) groups excluding carboxylic acids is 1. The fraction of sp³-hybridized carbons (Fsp3) is 0.0769. The molecular formula is C13H13N3O3. The molecule has 4 N–H and O–H groups in total. The van der Waals surface area contributed by atoms with Gasteiger partial charge in [0.2, 0.25) is 0 Å². The molecule has 0 fully saturated rings. The Bertz CT molecular complexity index is 628. The molecule has 0 aliphatic heterocycles. The Hall–Kier alpha value is -2.76. The first-order chi connectivity index (χ1) is 9.02. The van der Waals surface area contributed by atoms with E-state index in [1.165, 1.54) is 42.5 Å². The van der Waals surface area contributed by atoms with Gasteiger partial charge in [0.05, 0.1) is 23.1 Å². The number of phenols is 2. The lowest BCUT2D eigenvalue weighted by molar-refractivity contribution is 0.0990. The number of hydrogen-bond acceptors (Lipinski definition) is 5. The average molecular weight is 259 g/mol. The van der Waals surface area contributed by atoms with Crippen LogP contribution in [0.2, 0.25) is 0 Å². The van der Waals surface area contributed by atoms with Crippen molar-refractivity contribution in [3.63, 3.8) is 0 Å². The molecule has 0 radical (unpaired) electrons. The first kappa shape index (κ1) is 12.7. The number of rotatable bonds is 2. The summed E-state index contributed by atoms with van der Waals surface area (Å²) in [6, 6.07) is 5.79. The molecule has 0 saturated carbocycles. The van der Waals surface area contributed by atoms with E-state index in [4.69, 9.17) is 5.73 Å². The highest BCUT2D eigenvalue weighted by atomic mass is 16.3. The van der Waals surface area contributed by atoms with E-state index in [9.17, 15) is 15.0 Å². The van der Waals surface area contributed by atoms with Crippen molar-refractivity contribution in [1.82, 2.24) is 4.98 Å². The lowest BCUT2D eigenvalue weighted by Crippen LogP contribution is -2.27. The van der Waals surface area contributed by atoms with Crippen LogP contribution in [0.1, 0.15) is 10.4 Å². The number of carbonyl (C=O) groups is 1. The topological polar surface area (TPSA) is 99.7 Å². The predicted octanol–water partition coefficient (Wildman–Crippen LogP) is 1.35. The third-order valence-electron chi connectivity index (χ3n) is 2.74. The van der Waals surface area contributed by atoms with Crippen LogP contribution in [-0.4, -0.2) is 28.2 Å². The number of aromatic nitrogens is 1. The number of nitrogen functional groups attached to an aromatic ring is 1. The standard InChI is InChI=1S/C13H13N3O3/c1-16(10-5-6-15-7-9(10)14)13(19)8-3-2-4-11(17)12(8)18/h2-7,17-18H,14H2,1H3. The molecule has 0 unspecified atom stereocenters. The first-order valence-electron chi connectivity index (χ1n) is 5.51. The minimum Gasteiger partial charge on any atom is -0.504 e. The minimum atomic E-state index is -0.480. The first-order valence-corrected chi connectivity index (χ1v) is 5.51. The quantitative estimate of drug-likeness (QED) is 0.707. The summed E-state index contributed by atoms with van der Waals surface area (Å²) in [6.07, 6.45) is 2.94. The third-order valence-corrected chi connectivity index (χ3v) is 2.74. The molecule has 1 amide bonds. The predicted molar refractivity (Wildman–Crippen MR) is 71.2 cm³/mol. The number of benzene rings is 1. The number of aromatic hydroxyl groups is 2.